The van der Waals surface area contributed by atoms with E-state index in [0.29, 0.717) is 18.4 Å². The molecule has 0 spiro atoms. The van der Waals surface area contributed by atoms with Gasteiger partial charge < -0.3 is 14.6 Å². The van der Waals surface area contributed by atoms with Gasteiger partial charge in [-0.25, -0.2) is 8.78 Å². The minimum absolute atomic E-state index is 0.0575. The summed E-state index contributed by atoms with van der Waals surface area (Å²) in [5.41, 5.74) is 5.00. The number of alkyl halides is 1. The number of benzene rings is 3. The molecule has 1 aliphatic heterocycles. The highest BCUT2D eigenvalue weighted by Crippen LogP contribution is 2.42. The lowest BCUT2D eigenvalue weighted by molar-refractivity contribution is 0.198. The Morgan fingerprint density at radius 3 is 2.45 bits per heavy atom. The van der Waals surface area contributed by atoms with Gasteiger partial charge in [-0.1, -0.05) is 18.2 Å². The Kier molecular flexibility index (Phi) is 7.93. The number of hydrogen-bond acceptors (Lipinski definition) is 4. The van der Waals surface area contributed by atoms with E-state index in [2.05, 4.69) is 4.90 Å². The van der Waals surface area contributed by atoms with Crippen molar-refractivity contribution in [3.8, 4) is 17.2 Å². The largest absolute Gasteiger partial charge is 0.508 e. The maximum absolute atomic E-state index is 14.7. The third-order valence-electron chi connectivity index (χ3n) is 7.37. The molecule has 3 aromatic rings. The lowest BCUT2D eigenvalue weighted by atomic mass is 9.87. The molecule has 1 atom stereocenters. The molecule has 2 aliphatic rings. The summed E-state index contributed by atoms with van der Waals surface area (Å²) in [4.78, 5) is 2.22. The van der Waals surface area contributed by atoms with Gasteiger partial charge in [-0.05, 0) is 102 Å². The molecule has 5 rings (SSSR count). The molecular formula is C31H32F3NO3. The summed E-state index contributed by atoms with van der Waals surface area (Å²) in [5.74, 6) is -0.953. The Labute approximate surface area is 221 Å². The normalized spacial score (nSPS) is 17.8. The first-order valence-corrected chi connectivity index (χ1v) is 13.1. The predicted molar refractivity (Wildman–Crippen MR) is 142 cm³/mol. The maximum Gasteiger partial charge on any atom is 0.190 e. The van der Waals surface area contributed by atoms with Crippen molar-refractivity contribution in [2.75, 3.05) is 33.4 Å². The zero-order valence-corrected chi connectivity index (χ0v) is 21.5. The number of allylic oxidation sites excluding steroid dienone is 1. The van der Waals surface area contributed by atoms with Gasteiger partial charge in [0.25, 0.3) is 0 Å². The summed E-state index contributed by atoms with van der Waals surface area (Å²) in [6.45, 7) is 2.12. The summed E-state index contributed by atoms with van der Waals surface area (Å²) in [6, 6.07) is 15.7. The Morgan fingerprint density at radius 2 is 1.74 bits per heavy atom. The molecule has 1 N–H and O–H groups in total. The molecule has 38 heavy (non-hydrogen) atoms. The first kappa shape index (κ1) is 26.2. The Morgan fingerprint density at radius 1 is 0.974 bits per heavy atom. The van der Waals surface area contributed by atoms with Crippen molar-refractivity contribution in [2.24, 2.45) is 0 Å². The van der Waals surface area contributed by atoms with Crippen molar-refractivity contribution in [2.45, 2.75) is 38.2 Å². The van der Waals surface area contributed by atoms with E-state index < -0.39 is 17.4 Å². The third-order valence-corrected chi connectivity index (χ3v) is 7.37. The number of halogens is 3. The fourth-order valence-electron chi connectivity index (χ4n) is 5.59. The molecule has 1 saturated heterocycles. The average molecular weight is 524 g/mol. The molecule has 1 fully saturated rings. The summed E-state index contributed by atoms with van der Waals surface area (Å²) in [5, 5.41) is 10.1. The second kappa shape index (κ2) is 11.5. The summed E-state index contributed by atoms with van der Waals surface area (Å²) in [6.07, 6.45) is 3.62. The molecule has 0 unspecified atom stereocenters. The maximum atomic E-state index is 14.7. The molecule has 7 heteroatoms. The van der Waals surface area contributed by atoms with Crippen LogP contribution in [0.15, 0.2) is 54.6 Å². The van der Waals surface area contributed by atoms with Crippen molar-refractivity contribution in [3.63, 3.8) is 0 Å². The van der Waals surface area contributed by atoms with Gasteiger partial charge in [-0.15, -0.1) is 0 Å². The Hall–Kier alpha value is -3.45. The number of fused-ring (bicyclic) bond motifs is 1. The van der Waals surface area contributed by atoms with Crippen LogP contribution in [0.2, 0.25) is 0 Å². The number of likely N-dealkylation sites (tertiary alicyclic amines) is 1. The molecule has 0 amide bonds. The van der Waals surface area contributed by atoms with Crippen LogP contribution in [0.1, 0.15) is 47.9 Å². The molecule has 0 bridgehead atoms. The van der Waals surface area contributed by atoms with Crippen LogP contribution >= 0.6 is 0 Å². The molecule has 200 valence electrons. The topological polar surface area (TPSA) is 41.9 Å². The minimum atomic E-state index is -0.745. The molecule has 4 nitrogen and oxygen atoms in total. The highest BCUT2D eigenvalue weighted by molar-refractivity contribution is 6.00. The van der Waals surface area contributed by atoms with E-state index >= 15 is 0 Å². The SMILES string of the molecule is COc1c(F)cc(C2=C(c3ccc(O[C@H]4CCN(CCCF)C4)cc3)c3ccc(O)cc3CCC2)cc1F. The number of methoxy groups -OCH3 is 1. The molecular weight excluding hydrogens is 491 g/mol. The van der Waals surface area contributed by atoms with Crippen molar-refractivity contribution < 1.29 is 27.8 Å². The first-order valence-electron chi connectivity index (χ1n) is 13.1. The van der Waals surface area contributed by atoms with Crippen LogP contribution < -0.4 is 9.47 Å². The van der Waals surface area contributed by atoms with E-state index in [1.807, 2.05) is 30.3 Å². The van der Waals surface area contributed by atoms with Gasteiger partial charge in [-0.2, -0.15) is 0 Å². The number of hydrogen-bond donors (Lipinski definition) is 1. The van der Waals surface area contributed by atoms with Crippen molar-refractivity contribution in [3.05, 3.63) is 88.5 Å². The van der Waals surface area contributed by atoms with E-state index in [4.69, 9.17) is 9.47 Å². The van der Waals surface area contributed by atoms with E-state index in [0.717, 1.165) is 72.5 Å². The number of phenols is 1. The van der Waals surface area contributed by atoms with Crippen LogP contribution in [0, 0.1) is 11.6 Å². The number of aryl methyl sites for hydroxylation is 1. The van der Waals surface area contributed by atoms with Crippen molar-refractivity contribution >= 4 is 11.1 Å². The number of rotatable bonds is 8. The third kappa shape index (κ3) is 5.53. The number of ether oxygens (including phenoxy) is 2. The smallest absolute Gasteiger partial charge is 0.190 e. The van der Waals surface area contributed by atoms with Crippen LogP contribution in [-0.4, -0.2) is 49.5 Å². The van der Waals surface area contributed by atoms with E-state index in [9.17, 15) is 18.3 Å². The van der Waals surface area contributed by atoms with Crippen LogP contribution in [0.3, 0.4) is 0 Å². The summed E-state index contributed by atoms with van der Waals surface area (Å²) < 4.78 is 53.1. The van der Waals surface area contributed by atoms with Gasteiger partial charge in [0.2, 0.25) is 0 Å². The van der Waals surface area contributed by atoms with Crippen molar-refractivity contribution in [1.82, 2.24) is 4.90 Å². The molecule has 0 saturated carbocycles. The highest BCUT2D eigenvalue weighted by Gasteiger charge is 2.25. The Balaban J connectivity index is 1.51. The molecule has 1 heterocycles. The van der Waals surface area contributed by atoms with Gasteiger partial charge in [0.1, 0.15) is 17.6 Å². The van der Waals surface area contributed by atoms with Gasteiger partial charge in [0.05, 0.1) is 13.8 Å². The number of aromatic hydroxyl groups is 1. The zero-order valence-electron chi connectivity index (χ0n) is 21.5. The van der Waals surface area contributed by atoms with Gasteiger partial charge in [-0.3, -0.25) is 9.29 Å². The van der Waals surface area contributed by atoms with E-state index in [1.54, 1.807) is 12.1 Å². The van der Waals surface area contributed by atoms with Crippen LogP contribution in [0.5, 0.6) is 17.2 Å². The fraction of sp³-hybridized carbons (Fsp3) is 0.355. The predicted octanol–water partition coefficient (Wildman–Crippen LogP) is 6.79. The second-order valence-electron chi connectivity index (χ2n) is 9.92. The minimum Gasteiger partial charge on any atom is -0.508 e. The highest BCUT2D eigenvalue weighted by atomic mass is 19.1. The lowest BCUT2D eigenvalue weighted by Crippen LogP contribution is -2.26. The lowest BCUT2D eigenvalue weighted by Gasteiger charge is -2.19. The zero-order chi connectivity index (χ0) is 26.6. The monoisotopic (exact) mass is 523 g/mol. The summed E-state index contributed by atoms with van der Waals surface area (Å²) >= 11 is 0. The van der Waals surface area contributed by atoms with E-state index in [-0.39, 0.29) is 18.5 Å². The van der Waals surface area contributed by atoms with Crippen LogP contribution in [0.4, 0.5) is 13.2 Å². The van der Waals surface area contributed by atoms with Crippen LogP contribution in [-0.2, 0) is 6.42 Å². The quantitative estimate of drug-likeness (QED) is 0.353. The standard InChI is InChI=1S/C31H32F3NO3/c1-37-31-28(33)17-22(18-29(31)34)26-5-2-4-21-16-23(36)8-11-27(21)30(26)20-6-9-24(10-7-20)38-25-12-15-35(19-25)14-3-13-32/h6-11,16-18,25,36H,2-5,12-15,19H2,1H3/t25-/m0/s1. The molecule has 0 radical (unpaired) electrons. The molecule has 0 aromatic heterocycles. The van der Waals surface area contributed by atoms with Gasteiger partial charge in [0.15, 0.2) is 17.4 Å². The average Bonchev–Trinajstić information content (AvgIpc) is 3.26. The Bertz CT molecular complexity index is 1300. The number of nitrogens with zero attached hydrogens (tertiary/aromatic N) is 1. The molecule has 3 aromatic carbocycles. The van der Waals surface area contributed by atoms with Gasteiger partial charge >= 0.3 is 0 Å². The van der Waals surface area contributed by atoms with E-state index in [1.165, 1.54) is 19.2 Å². The van der Waals surface area contributed by atoms with Gasteiger partial charge in [0, 0.05) is 19.6 Å². The fourth-order valence-corrected chi connectivity index (χ4v) is 5.59. The van der Waals surface area contributed by atoms with Crippen LogP contribution in [0.25, 0.3) is 11.1 Å². The first-order chi connectivity index (χ1) is 18.5. The number of phenolic OH excluding ortho intramolecular Hbond substituents is 1. The summed E-state index contributed by atoms with van der Waals surface area (Å²) in [7, 11) is 1.25. The molecule has 1 aliphatic carbocycles. The van der Waals surface area contributed by atoms with Crippen molar-refractivity contribution in [1.29, 1.82) is 0 Å². The second-order valence-corrected chi connectivity index (χ2v) is 9.92.